The van der Waals surface area contributed by atoms with Gasteiger partial charge in [-0.15, -0.1) is 0 Å². The Labute approximate surface area is 170 Å². The van der Waals surface area contributed by atoms with Crippen LogP contribution in [0.2, 0.25) is 5.02 Å². The second-order valence-electron chi connectivity index (χ2n) is 6.54. The molecule has 2 heterocycles. The van der Waals surface area contributed by atoms with E-state index < -0.39 is 0 Å². The van der Waals surface area contributed by atoms with E-state index in [4.69, 9.17) is 11.6 Å². The highest BCUT2D eigenvalue weighted by Crippen LogP contribution is 2.23. The fraction of sp³-hybridized carbons (Fsp3) is 0.350. The molecule has 148 valence electrons. The van der Waals surface area contributed by atoms with Crippen molar-refractivity contribution in [2.75, 3.05) is 36.4 Å². The van der Waals surface area contributed by atoms with E-state index in [2.05, 4.69) is 36.9 Å². The van der Waals surface area contributed by atoms with Gasteiger partial charge in [0.2, 0.25) is 5.91 Å². The van der Waals surface area contributed by atoms with E-state index in [0.717, 1.165) is 36.8 Å². The molecule has 7 nitrogen and oxygen atoms in total. The van der Waals surface area contributed by atoms with Gasteiger partial charge in [-0.3, -0.25) is 9.78 Å². The topological polar surface area (TPSA) is 81.6 Å². The number of rotatable bonds is 6. The quantitative estimate of drug-likeness (QED) is 0.512. The Morgan fingerprint density at radius 2 is 2.25 bits per heavy atom. The molecule has 2 aromatic rings. The van der Waals surface area contributed by atoms with Crippen LogP contribution in [0.25, 0.3) is 0 Å². The number of carbonyl (C=O) groups excluding carboxylic acids is 1. The monoisotopic (exact) mass is 400 g/mol. The molecule has 0 radical (unpaired) electrons. The van der Waals surface area contributed by atoms with Gasteiger partial charge in [-0.1, -0.05) is 17.7 Å². The molecule has 1 aromatic heterocycles. The summed E-state index contributed by atoms with van der Waals surface area (Å²) >= 11 is 6.10. The zero-order valence-electron chi connectivity index (χ0n) is 15.9. The van der Waals surface area contributed by atoms with Crippen molar-refractivity contribution >= 4 is 34.8 Å². The number of amides is 1. The van der Waals surface area contributed by atoms with Crippen molar-refractivity contribution in [1.29, 1.82) is 0 Å². The first-order chi connectivity index (χ1) is 13.6. The van der Waals surface area contributed by atoms with E-state index in [1.54, 1.807) is 24.5 Å². The Kier molecular flexibility index (Phi) is 7.08. The first kappa shape index (κ1) is 19.9. The number of nitrogens with one attached hydrogen (secondary N) is 3. The lowest BCUT2D eigenvalue weighted by molar-refractivity contribution is -0.114. The summed E-state index contributed by atoms with van der Waals surface area (Å²) in [5.74, 6) is 0.457. The lowest BCUT2D eigenvalue weighted by Crippen LogP contribution is -2.45. The van der Waals surface area contributed by atoms with Crippen molar-refractivity contribution in [3.8, 4) is 0 Å². The molecule has 1 aromatic carbocycles. The molecule has 1 amide bonds. The fourth-order valence-electron chi connectivity index (χ4n) is 3.09. The normalized spacial score (nSPS) is 16.7. The SMILES string of the molecule is CCNC(=NCC(=O)Nc1cccnc1)NC1CCN(c2cccc(Cl)c2)C1. The number of pyridine rings is 1. The van der Waals surface area contributed by atoms with Crippen LogP contribution < -0.4 is 20.9 Å². The molecule has 0 bridgehead atoms. The van der Waals surface area contributed by atoms with Crippen LogP contribution >= 0.6 is 11.6 Å². The Balaban J connectivity index is 1.54. The van der Waals surface area contributed by atoms with E-state index in [0.29, 0.717) is 11.6 Å². The highest BCUT2D eigenvalue weighted by atomic mass is 35.5. The molecule has 1 aliphatic rings. The second-order valence-corrected chi connectivity index (χ2v) is 6.98. The summed E-state index contributed by atoms with van der Waals surface area (Å²) in [6.45, 7) is 4.56. The highest BCUT2D eigenvalue weighted by molar-refractivity contribution is 6.30. The molecule has 28 heavy (non-hydrogen) atoms. The first-order valence-corrected chi connectivity index (χ1v) is 9.77. The molecule has 0 spiro atoms. The van der Waals surface area contributed by atoms with Crippen molar-refractivity contribution < 1.29 is 4.79 Å². The number of benzene rings is 1. The maximum atomic E-state index is 12.1. The van der Waals surface area contributed by atoms with Gasteiger partial charge in [0.25, 0.3) is 0 Å². The summed E-state index contributed by atoms with van der Waals surface area (Å²) in [5.41, 5.74) is 1.78. The molecule has 3 N–H and O–H groups in total. The molecule has 0 aliphatic carbocycles. The number of anilines is 2. The summed E-state index contributed by atoms with van der Waals surface area (Å²) in [6, 6.07) is 11.7. The van der Waals surface area contributed by atoms with Crippen LogP contribution in [0.15, 0.2) is 53.8 Å². The smallest absolute Gasteiger partial charge is 0.246 e. The number of carbonyl (C=O) groups is 1. The summed E-state index contributed by atoms with van der Waals surface area (Å²) in [4.78, 5) is 22.8. The van der Waals surface area contributed by atoms with Gasteiger partial charge in [0.15, 0.2) is 5.96 Å². The first-order valence-electron chi connectivity index (χ1n) is 9.39. The molecular weight excluding hydrogens is 376 g/mol. The van der Waals surface area contributed by atoms with Crippen LogP contribution in [0.3, 0.4) is 0 Å². The molecule has 1 unspecified atom stereocenters. The number of aliphatic imine (C=N–C) groups is 1. The molecular formula is C20H25ClN6O. The summed E-state index contributed by atoms with van der Waals surface area (Å²) in [6.07, 6.45) is 4.25. The third-order valence-electron chi connectivity index (χ3n) is 4.37. The van der Waals surface area contributed by atoms with Crippen LogP contribution in [-0.2, 0) is 4.79 Å². The lowest BCUT2D eigenvalue weighted by atomic mass is 10.3. The van der Waals surface area contributed by atoms with Gasteiger partial charge in [0.1, 0.15) is 6.54 Å². The maximum absolute atomic E-state index is 12.1. The van der Waals surface area contributed by atoms with Crippen LogP contribution in [0, 0.1) is 0 Å². The third kappa shape index (κ3) is 5.85. The van der Waals surface area contributed by atoms with Gasteiger partial charge in [0.05, 0.1) is 11.9 Å². The van der Waals surface area contributed by atoms with Crippen molar-refractivity contribution in [2.24, 2.45) is 4.99 Å². The van der Waals surface area contributed by atoms with Gasteiger partial charge in [-0.05, 0) is 43.7 Å². The Morgan fingerprint density at radius 3 is 3.00 bits per heavy atom. The van der Waals surface area contributed by atoms with Crippen LogP contribution in [0.1, 0.15) is 13.3 Å². The Bertz CT molecular complexity index is 813. The van der Waals surface area contributed by atoms with Gasteiger partial charge in [-0.2, -0.15) is 0 Å². The van der Waals surface area contributed by atoms with Gasteiger partial charge >= 0.3 is 0 Å². The largest absolute Gasteiger partial charge is 0.369 e. The van der Waals surface area contributed by atoms with E-state index in [1.807, 2.05) is 25.1 Å². The Morgan fingerprint density at radius 1 is 1.36 bits per heavy atom. The predicted molar refractivity (Wildman–Crippen MR) is 114 cm³/mol. The summed E-state index contributed by atoms with van der Waals surface area (Å²) < 4.78 is 0. The van der Waals surface area contributed by atoms with E-state index in [1.165, 1.54) is 0 Å². The molecule has 0 saturated carbocycles. The van der Waals surface area contributed by atoms with Crippen molar-refractivity contribution in [3.05, 3.63) is 53.8 Å². The van der Waals surface area contributed by atoms with Crippen LogP contribution in [-0.4, -0.2) is 49.1 Å². The Hall–Kier alpha value is -2.80. The summed E-state index contributed by atoms with van der Waals surface area (Å²) in [7, 11) is 0. The van der Waals surface area contributed by atoms with Crippen molar-refractivity contribution in [3.63, 3.8) is 0 Å². The standard InChI is InChI=1S/C20H25ClN6O/c1-2-23-20(24-13-19(28)25-16-6-4-9-22-12-16)26-17-8-10-27(14-17)18-7-3-5-15(21)11-18/h3-7,9,11-12,17H,2,8,10,13-14H2,1H3,(H,25,28)(H2,23,24,26). The maximum Gasteiger partial charge on any atom is 0.246 e. The molecule has 1 atom stereocenters. The third-order valence-corrected chi connectivity index (χ3v) is 4.61. The molecule has 1 saturated heterocycles. The molecule has 8 heteroatoms. The predicted octanol–water partition coefficient (Wildman–Crippen LogP) is 2.51. The average molecular weight is 401 g/mol. The minimum absolute atomic E-state index is 0.0367. The lowest BCUT2D eigenvalue weighted by Gasteiger charge is -2.20. The summed E-state index contributed by atoms with van der Waals surface area (Å²) in [5, 5.41) is 10.1. The molecule has 1 fully saturated rings. The van der Waals surface area contributed by atoms with Crippen molar-refractivity contribution in [2.45, 2.75) is 19.4 Å². The van der Waals surface area contributed by atoms with Gasteiger partial charge in [-0.25, -0.2) is 4.99 Å². The van der Waals surface area contributed by atoms with Gasteiger partial charge in [0, 0.05) is 42.6 Å². The number of aromatic nitrogens is 1. The number of guanidine groups is 1. The average Bonchev–Trinajstić information content (AvgIpc) is 3.16. The molecule has 1 aliphatic heterocycles. The minimum atomic E-state index is -0.183. The van der Waals surface area contributed by atoms with Crippen molar-refractivity contribution in [1.82, 2.24) is 15.6 Å². The zero-order chi connectivity index (χ0) is 19.8. The van der Waals surface area contributed by atoms with E-state index >= 15 is 0 Å². The van der Waals surface area contributed by atoms with E-state index in [-0.39, 0.29) is 18.5 Å². The fourth-order valence-corrected chi connectivity index (χ4v) is 3.27. The number of hydrogen-bond donors (Lipinski definition) is 3. The minimum Gasteiger partial charge on any atom is -0.369 e. The highest BCUT2D eigenvalue weighted by Gasteiger charge is 2.23. The number of hydrogen-bond acceptors (Lipinski definition) is 4. The van der Waals surface area contributed by atoms with E-state index in [9.17, 15) is 4.79 Å². The number of halogens is 1. The zero-order valence-corrected chi connectivity index (χ0v) is 16.6. The van der Waals surface area contributed by atoms with Crippen LogP contribution in [0.4, 0.5) is 11.4 Å². The second kappa shape index (κ2) is 9.94. The number of nitrogens with zero attached hydrogens (tertiary/aromatic N) is 3. The van der Waals surface area contributed by atoms with Gasteiger partial charge < -0.3 is 20.9 Å². The van der Waals surface area contributed by atoms with Crippen LogP contribution in [0.5, 0.6) is 0 Å². The molecule has 3 rings (SSSR count).